The predicted octanol–water partition coefficient (Wildman–Crippen LogP) is -0.751. The first-order chi connectivity index (χ1) is 6.83. The monoisotopic (exact) mass is 192 g/mol. The van der Waals surface area contributed by atoms with E-state index >= 15 is 0 Å². The van der Waals surface area contributed by atoms with Gasteiger partial charge in [0.15, 0.2) is 0 Å². The first-order valence-corrected chi connectivity index (χ1v) is 4.21. The Morgan fingerprint density at radius 3 is 3.21 bits per heavy atom. The average Bonchev–Trinajstić information content (AvgIpc) is 2.68. The summed E-state index contributed by atoms with van der Waals surface area (Å²) >= 11 is 0. The summed E-state index contributed by atoms with van der Waals surface area (Å²) in [6.45, 7) is 1.12. The molecule has 14 heavy (non-hydrogen) atoms. The molecule has 0 radical (unpaired) electrons. The normalized spacial score (nSPS) is 9.36. The van der Waals surface area contributed by atoms with E-state index in [9.17, 15) is 4.79 Å². The van der Waals surface area contributed by atoms with Crippen LogP contribution in [-0.4, -0.2) is 29.2 Å². The molecule has 0 unspecified atom stereocenters. The Hall–Kier alpha value is -1.80. The summed E-state index contributed by atoms with van der Waals surface area (Å²) in [5.41, 5.74) is 0.940. The third-order valence-electron chi connectivity index (χ3n) is 1.56. The fourth-order valence-corrected chi connectivity index (χ4v) is 0.886. The number of nitrogens with zero attached hydrogens (tertiary/aromatic N) is 1. The maximum Gasteiger partial charge on any atom is 0.234 e. The van der Waals surface area contributed by atoms with Crippen molar-refractivity contribution in [3.63, 3.8) is 0 Å². The summed E-state index contributed by atoms with van der Waals surface area (Å²) in [6, 6.07) is 0. The van der Waals surface area contributed by atoms with Crippen molar-refractivity contribution in [3.8, 4) is 12.3 Å². The van der Waals surface area contributed by atoms with Crippen molar-refractivity contribution < 1.29 is 4.79 Å². The number of rotatable bonds is 5. The topological polar surface area (TPSA) is 69.8 Å². The van der Waals surface area contributed by atoms with Gasteiger partial charge < -0.3 is 5.32 Å². The van der Waals surface area contributed by atoms with Crippen LogP contribution in [0.3, 0.4) is 0 Å². The lowest BCUT2D eigenvalue weighted by atomic mass is 10.3. The summed E-state index contributed by atoms with van der Waals surface area (Å²) in [7, 11) is 0. The number of carbonyl (C=O) groups is 1. The molecule has 1 heterocycles. The van der Waals surface area contributed by atoms with Gasteiger partial charge in [-0.25, -0.2) is 0 Å². The molecule has 0 aromatic carbocycles. The van der Waals surface area contributed by atoms with Crippen molar-refractivity contribution >= 4 is 5.91 Å². The maximum absolute atomic E-state index is 11.1. The van der Waals surface area contributed by atoms with E-state index in [-0.39, 0.29) is 12.5 Å². The maximum atomic E-state index is 11.1. The average molecular weight is 192 g/mol. The van der Waals surface area contributed by atoms with Gasteiger partial charge in [-0.05, 0) is 0 Å². The van der Waals surface area contributed by atoms with Gasteiger partial charge in [-0.3, -0.25) is 15.2 Å². The van der Waals surface area contributed by atoms with Crippen molar-refractivity contribution in [1.82, 2.24) is 20.8 Å². The molecule has 0 saturated carbocycles. The van der Waals surface area contributed by atoms with Gasteiger partial charge in [0.1, 0.15) is 0 Å². The third-order valence-corrected chi connectivity index (χ3v) is 1.56. The molecule has 0 saturated heterocycles. The van der Waals surface area contributed by atoms with Crippen LogP contribution in [0.25, 0.3) is 0 Å². The predicted molar refractivity (Wildman–Crippen MR) is 52.1 cm³/mol. The number of terminal acetylenes is 1. The molecule has 1 amide bonds. The molecule has 0 atom stereocenters. The zero-order chi connectivity index (χ0) is 10.2. The number of nitrogens with one attached hydrogen (secondary N) is 3. The fraction of sp³-hybridized carbons (Fsp3) is 0.333. The van der Waals surface area contributed by atoms with Gasteiger partial charge in [-0.2, -0.15) is 5.10 Å². The number of aromatic amines is 1. The molecule has 0 aliphatic carbocycles. The van der Waals surface area contributed by atoms with Gasteiger partial charge in [-0.15, -0.1) is 6.42 Å². The molecule has 3 N–H and O–H groups in total. The molecule has 5 heteroatoms. The summed E-state index contributed by atoms with van der Waals surface area (Å²) in [4.78, 5) is 11.1. The van der Waals surface area contributed by atoms with Crippen LogP contribution in [0, 0.1) is 12.3 Å². The molecule has 0 fully saturated rings. The SMILES string of the molecule is C#CCNCC(=O)NCc1cn[nH]c1. The first kappa shape index (κ1) is 10.3. The second-order valence-electron chi connectivity index (χ2n) is 2.69. The zero-order valence-electron chi connectivity index (χ0n) is 7.71. The molecule has 0 spiro atoms. The van der Waals surface area contributed by atoms with Crippen molar-refractivity contribution in [1.29, 1.82) is 0 Å². The van der Waals surface area contributed by atoms with E-state index in [1.807, 2.05) is 0 Å². The summed E-state index contributed by atoms with van der Waals surface area (Å²) in [5.74, 6) is 2.30. The van der Waals surface area contributed by atoms with Crippen LogP contribution in [0.5, 0.6) is 0 Å². The second-order valence-corrected chi connectivity index (χ2v) is 2.69. The Balaban J connectivity index is 2.13. The summed E-state index contributed by atoms with van der Waals surface area (Å²) < 4.78 is 0. The highest BCUT2D eigenvalue weighted by Gasteiger charge is 1.99. The van der Waals surface area contributed by atoms with Crippen LogP contribution < -0.4 is 10.6 Å². The molecule has 1 rings (SSSR count). The lowest BCUT2D eigenvalue weighted by Gasteiger charge is -2.02. The minimum Gasteiger partial charge on any atom is -0.351 e. The van der Waals surface area contributed by atoms with Crippen LogP contribution in [-0.2, 0) is 11.3 Å². The van der Waals surface area contributed by atoms with Gasteiger partial charge in [0.25, 0.3) is 0 Å². The molecule has 0 aliphatic rings. The Bertz CT molecular complexity index is 312. The van der Waals surface area contributed by atoms with Gasteiger partial charge in [0, 0.05) is 18.3 Å². The van der Waals surface area contributed by atoms with Crippen molar-refractivity contribution in [3.05, 3.63) is 18.0 Å². The van der Waals surface area contributed by atoms with Crippen LogP contribution in [0.15, 0.2) is 12.4 Å². The lowest BCUT2D eigenvalue weighted by molar-refractivity contribution is -0.120. The van der Waals surface area contributed by atoms with Gasteiger partial charge >= 0.3 is 0 Å². The standard InChI is InChI=1S/C9H12N4O/c1-2-3-10-7-9(14)11-4-8-5-12-13-6-8/h1,5-6,10H,3-4,7H2,(H,11,14)(H,12,13). The number of amides is 1. The molecule has 74 valence electrons. The number of hydrogen-bond acceptors (Lipinski definition) is 3. The Morgan fingerprint density at radius 1 is 1.71 bits per heavy atom. The minimum atomic E-state index is -0.0820. The quantitative estimate of drug-likeness (QED) is 0.424. The van der Waals surface area contributed by atoms with Gasteiger partial charge in [0.2, 0.25) is 5.91 Å². The Labute approximate surface area is 82.3 Å². The highest BCUT2D eigenvalue weighted by molar-refractivity contribution is 5.77. The molecule has 5 nitrogen and oxygen atoms in total. The Kier molecular flexibility index (Phi) is 4.24. The van der Waals surface area contributed by atoms with Crippen molar-refractivity contribution in [2.45, 2.75) is 6.54 Å². The van der Waals surface area contributed by atoms with E-state index in [0.717, 1.165) is 5.56 Å². The van der Waals surface area contributed by atoms with Crippen molar-refractivity contribution in [2.24, 2.45) is 0 Å². The van der Waals surface area contributed by atoms with Crippen LogP contribution >= 0.6 is 0 Å². The van der Waals surface area contributed by atoms with E-state index in [2.05, 4.69) is 26.8 Å². The van der Waals surface area contributed by atoms with Crippen molar-refractivity contribution in [2.75, 3.05) is 13.1 Å². The molecule has 0 bridgehead atoms. The largest absolute Gasteiger partial charge is 0.351 e. The molecule has 0 aliphatic heterocycles. The van der Waals surface area contributed by atoms with Crippen LogP contribution in [0.4, 0.5) is 0 Å². The molecule has 1 aromatic rings. The minimum absolute atomic E-state index is 0.0820. The molecular weight excluding hydrogens is 180 g/mol. The zero-order valence-corrected chi connectivity index (χ0v) is 7.71. The number of aromatic nitrogens is 2. The van der Waals surface area contributed by atoms with E-state index < -0.39 is 0 Å². The number of hydrogen-bond donors (Lipinski definition) is 3. The van der Waals surface area contributed by atoms with Gasteiger partial charge in [0.05, 0.1) is 19.3 Å². The van der Waals surface area contributed by atoms with Crippen LogP contribution in [0.1, 0.15) is 5.56 Å². The van der Waals surface area contributed by atoms with Crippen LogP contribution in [0.2, 0.25) is 0 Å². The lowest BCUT2D eigenvalue weighted by Crippen LogP contribution is -2.33. The van der Waals surface area contributed by atoms with E-state index in [1.54, 1.807) is 12.4 Å². The smallest absolute Gasteiger partial charge is 0.234 e. The summed E-state index contributed by atoms with van der Waals surface area (Å²) in [6.07, 6.45) is 8.40. The first-order valence-electron chi connectivity index (χ1n) is 4.21. The molecular formula is C9H12N4O. The number of H-pyrrole nitrogens is 1. The van der Waals surface area contributed by atoms with E-state index in [1.165, 1.54) is 0 Å². The third kappa shape index (κ3) is 3.74. The highest BCUT2D eigenvalue weighted by Crippen LogP contribution is 1.90. The number of carbonyl (C=O) groups excluding carboxylic acids is 1. The van der Waals surface area contributed by atoms with Gasteiger partial charge in [-0.1, -0.05) is 5.92 Å². The Morgan fingerprint density at radius 2 is 2.57 bits per heavy atom. The molecule has 1 aromatic heterocycles. The van der Waals surface area contributed by atoms with E-state index in [0.29, 0.717) is 13.1 Å². The highest BCUT2D eigenvalue weighted by atomic mass is 16.1. The fourth-order valence-electron chi connectivity index (χ4n) is 0.886. The second kappa shape index (κ2) is 5.78. The summed E-state index contributed by atoms with van der Waals surface area (Å²) in [5, 5.41) is 11.9. The van der Waals surface area contributed by atoms with E-state index in [4.69, 9.17) is 6.42 Å².